The molecule has 16 aliphatic carbocycles. The molecule has 0 heterocycles. The highest BCUT2D eigenvalue weighted by atomic mass is 79.9. The fourth-order valence-electron chi connectivity index (χ4n) is 30.4. The van der Waals surface area contributed by atoms with E-state index in [9.17, 15) is 49.8 Å². The summed E-state index contributed by atoms with van der Waals surface area (Å²) in [6.45, 7) is 39.4. The van der Waals surface area contributed by atoms with Crippen LogP contribution in [0.5, 0.6) is 0 Å². The third kappa shape index (κ3) is 20.8. The van der Waals surface area contributed by atoms with Crippen LogP contribution in [0.4, 0.5) is 0 Å². The maximum Gasteiger partial charge on any atom is 0.302 e. The molecule has 724 valence electrons. The van der Waals surface area contributed by atoms with Gasteiger partial charge in [0.25, 0.3) is 0 Å². The van der Waals surface area contributed by atoms with Crippen LogP contribution >= 0.6 is 63.7 Å². The number of hydrogen-bond acceptors (Lipinski definition) is 22. The normalized spacial score (nSPS) is 45.3. The number of halogens is 4. The van der Waals surface area contributed by atoms with Gasteiger partial charge in [0.05, 0.1) is 56.9 Å². The molecule has 0 saturated heterocycles. The van der Waals surface area contributed by atoms with Crippen LogP contribution in [0, 0.1) is 127 Å². The Hall–Kier alpha value is -2.96. The van der Waals surface area contributed by atoms with Crippen molar-refractivity contribution in [2.45, 2.75) is 394 Å². The van der Waals surface area contributed by atoms with E-state index in [0.29, 0.717) is 88.1 Å². The number of rotatable bonds is 26. The summed E-state index contributed by atoms with van der Waals surface area (Å²) in [6.07, 6.45) is 33.1. The number of allylic oxidation sites excluding steroid dienone is 4. The molecule has 0 aliphatic heterocycles. The summed E-state index contributed by atoms with van der Waals surface area (Å²) in [6, 6.07) is 0. The van der Waals surface area contributed by atoms with E-state index in [1.54, 1.807) is 0 Å². The van der Waals surface area contributed by atoms with E-state index >= 15 is 0 Å². The molecule has 0 aromatic carbocycles. The number of alkyl halides is 4. The third-order valence-electron chi connectivity index (χ3n) is 36.3. The van der Waals surface area contributed by atoms with Crippen LogP contribution in [-0.2, 0) is 77.2 Å². The van der Waals surface area contributed by atoms with E-state index in [1.165, 1.54) is 38.8 Å². The number of aliphatic hydroxyl groups excluding tert-OH is 6. The minimum Gasteiger partial charge on any atom is -0.461 e. The van der Waals surface area contributed by atoms with Crippen LogP contribution in [0.15, 0.2) is 72.7 Å². The first-order valence-corrected chi connectivity index (χ1v) is 53.1. The van der Waals surface area contributed by atoms with Crippen molar-refractivity contribution in [3.63, 3.8) is 0 Å². The summed E-state index contributed by atoms with van der Waals surface area (Å²) in [7, 11) is 0. The SMILES string of the molecule is C=C(CCC)OO[C@H]1CC[C@@]2(C)C(=C[C@H](O)C3C4C[C@@H](Br)[C@H](OC(C)=O)[C@@]4(CO)CCC32)C1.C=C(CCC)OO[C@H]1CC[C@@]2(C)C(=C[C@H](O)C3C4C[C@@H](Br)[C@H](OC(C)=O)[C@H]4CCC32)C1.C=C(CCC)OO[C@H]1CC[C@@]2(C)C(C1)C[C@H](O)C1C2CC[C@@]2(CO)C1C[C@@H](Br)[C@@H]2OC(C)=O.C=C(CCC)OO[C@H]1CC[C@@]2(C)C(C1)C[C@H](O)C1C3C[C@@H](Br)[C@H](OC(C)=O)[C@H]3CCC12. The molecule has 14 saturated carbocycles. The summed E-state index contributed by atoms with van der Waals surface area (Å²) >= 11 is 15.1. The molecule has 0 bridgehead atoms. The lowest BCUT2D eigenvalue weighted by Crippen LogP contribution is -2.60. The summed E-state index contributed by atoms with van der Waals surface area (Å²) in [5, 5.41) is 66.5. The third-order valence-corrected chi connectivity index (χ3v) is 39.8. The molecule has 0 amide bonds. The zero-order valence-electron chi connectivity index (χ0n) is 78.6. The number of ether oxygens (including phenoxy) is 4. The van der Waals surface area contributed by atoms with Crippen molar-refractivity contribution in [2.75, 3.05) is 13.2 Å². The lowest BCUT2D eigenvalue weighted by Gasteiger charge is -2.62. The topological polar surface area (TPSA) is 300 Å². The molecule has 16 rings (SSSR count). The molecule has 16 aliphatic rings. The van der Waals surface area contributed by atoms with Gasteiger partial charge in [-0.1, -0.05) is 169 Å². The predicted octanol–water partition coefficient (Wildman–Crippen LogP) is 20.7. The Labute approximate surface area is 796 Å². The number of aliphatic hydroxyl groups is 6. The number of fused-ring (bicyclic) bond motifs is 20. The molecule has 26 heteroatoms. The van der Waals surface area contributed by atoms with Crippen LogP contribution in [-0.4, -0.2) is 160 Å². The van der Waals surface area contributed by atoms with Gasteiger partial charge in [-0.2, -0.15) is 19.6 Å². The van der Waals surface area contributed by atoms with Crippen LogP contribution in [0.3, 0.4) is 0 Å². The van der Waals surface area contributed by atoms with Crippen LogP contribution in [0.1, 0.15) is 301 Å². The van der Waals surface area contributed by atoms with Crippen molar-refractivity contribution >= 4 is 87.6 Å². The minimum atomic E-state index is -0.584. The monoisotopic (exact) mass is 2050 g/mol. The molecule has 128 heavy (non-hydrogen) atoms. The van der Waals surface area contributed by atoms with Gasteiger partial charge in [0.15, 0.2) is 0 Å². The van der Waals surface area contributed by atoms with Gasteiger partial charge in [0, 0.05) is 76.0 Å². The van der Waals surface area contributed by atoms with Gasteiger partial charge in [0.2, 0.25) is 0 Å². The standard InChI is InChI=1S/C26H41BrO6.C26H39BrO6.C25H39BrO5.C25H37BrO5/c2*1-5-6-15(2)32-33-18-7-9-25(4)17(11-18)12-22(30)23-19(25)8-10-26(14-28)20(23)13-21(27)24(26)31-16(3)29;2*1-5-6-14(2)30-31-17-9-10-25(4)16(11-17)12-22(28)23-19-13-21(26)24(29-15(3)27)18(19)7-8-20(23)25/h17-24,28,30H,2,5-14H2,1,3-4H3;12,18-24,28,30H,2,5-11,13-14H2,1,3-4H3;16-24,28H,2,5-13H2,1,3-4H3;12,17-24,28H,2,5-11,13H2,1,3-4H3/t17?,18-,19?,20?,21+,22-,23?,24-,25-,26+;18-,19?,20?,21+,22-,23?,24-,25-,26+;16?,17-,18-,19?,20?,21+,22-,23?,24+,25-;17-,18-,19?,20?,21+,22-,23?,24+,25-/m0000/s1. The van der Waals surface area contributed by atoms with Crippen molar-refractivity contribution in [1.29, 1.82) is 0 Å². The van der Waals surface area contributed by atoms with Gasteiger partial charge in [-0.05, 0) is 297 Å². The van der Waals surface area contributed by atoms with Gasteiger partial charge in [-0.3, -0.25) is 19.2 Å². The van der Waals surface area contributed by atoms with Crippen molar-refractivity contribution in [1.82, 2.24) is 0 Å². The van der Waals surface area contributed by atoms with Crippen molar-refractivity contribution in [3.05, 3.63) is 72.7 Å². The van der Waals surface area contributed by atoms with Crippen molar-refractivity contribution in [3.8, 4) is 0 Å². The average molecular weight is 2050 g/mol. The molecule has 0 radical (unpaired) electrons. The quantitative estimate of drug-likeness (QED) is 0.00892. The van der Waals surface area contributed by atoms with E-state index in [-0.39, 0.29) is 163 Å². The highest BCUT2D eigenvalue weighted by molar-refractivity contribution is 9.10. The first-order valence-electron chi connectivity index (χ1n) is 49.5. The molecule has 22 nitrogen and oxygen atoms in total. The first kappa shape index (κ1) is 102. The Kier molecular flexibility index (Phi) is 34.4. The Morgan fingerprint density at radius 1 is 0.375 bits per heavy atom. The maximum absolute atomic E-state index is 11.8. The van der Waals surface area contributed by atoms with Gasteiger partial charge in [0.1, 0.15) is 71.9 Å². The number of esters is 4. The zero-order chi connectivity index (χ0) is 92.6. The zero-order valence-corrected chi connectivity index (χ0v) is 85.0. The Morgan fingerprint density at radius 3 is 1.12 bits per heavy atom. The molecule has 0 aromatic heterocycles. The van der Waals surface area contributed by atoms with Gasteiger partial charge in [-0.25, -0.2) is 0 Å². The lowest BCUT2D eigenvalue weighted by atomic mass is 9.44. The molecule has 14 fully saturated rings. The summed E-state index contributed by atoms with van der Waals surface area (Å²) < 4.78 is 22.9. The van der Waals surface area contributed by atoms with Crippen LogP contribution < -0.4 is 0 Å². The predicted molar refractivity (Wildman–Crippen MR) is 501 cm³/mol. The van der Waals surface area contributed by atoms with E-state index in [0.717, 1.165) is 218 Å². The summed E-state index contributed by atoms with van der Waals surface area (Å²) in [5.41, 5.74) is 2.06. The van der Waals surface area contributed by atoms with E-state index in [4.69, 9.17) is 58.0 Å². The fourth-order valence-corrected chi connectivity index (χ4v) is 34.4. The smallest absolute Gasteiger partial charge is 0.302 e. The average Bonchev–Trinajstić information content (AvgIpc) is 1.53. The van der Waals surface area contributed by atoms with E-state index in [1.807, 2.05) is 6.08 Å². The second-order valence-electron chi connectivity index (χ2n) is 43.4. The fraction of sp³-hybridized carbons (Fsp3) is 0.843. The number of carbonyl (C=O) groups excluding carboxylic acids is 4. The van der Waals surface area contributed by atoms with Gasteiger partial charge < -0.3 is 69.1 Å². The van der Waals surface area contributed by atoms with Gasteiger partial charge in [-0.15, -0.1) is 0 Å². The molecule has 6 N–H and O–H groups in total. The van der Waals surface area contributed by atoms with Crippen molar-refractivity contribution < 1.29 is 108 Å². The number of hydrogen-bond donors (Lipinski definition) is 6. The molecule has 0 spiro atoms. The second kappa shape index (κ2) is 43.0. The van der Waals surface area contributed by atoms with Crippen molar-refractivity contribution in [2.24, 2.45) is 127 Å². The van der Waals surface area contributed by atoms with E-state index in [2.05, 4.69) is 152 Å². The lowest BCUT2D eigenvalue weighted by molar-refractivity contribution is -0.313. The Balaban J connectivity index is 0.000000146. The maximum atomic E-state index is 11.8. The molecular weight excluding hydrogens is 1900 g/mol. The molecular formula is C102H156Br4O22. The molecule has 0 aromatic rings. The largest absolute Gasteiger partial charge is 0.461 e. The second-order valence-corrected chi connectivity index (χ2v) is 48.1. The molecule has 38 atom stereocenters. The van der Waals surface area contributed by atoms with E-state index < -0.39 is 29.1 Å². The molecule has 14 unspecified atom stereocenters. The minimum absolute atomic E-state index is 0.00682. The van der Waals surface area contributed by atoms with Crippen LogP contribution in [0.25, 0.3) is 0 Å². The summed E-state index contributed by atoms with van der Waals surface area (Å²) in [5.74, 6) is 6.62. The highest BCUT2D eigenvalue weighted by Gasteiger charge is 2.70. The highest BCUT2D eigenvalue weighted by Crippen LogP contribution is 2.71. The Morgan fingerprint density at radius 2 is 0.719 bits per heavy atom. The number of carbonyl (C=O) groups is 4. The first-order chi connectivity index (χ1) is 60.8. The summed E-state index contributed by atoms with van der Waals surface area (Å²) in [4.78, 5) is 92.1. The van der Waals surface area contributed by atoms with Crippen LogP contribution in [0.2, 0.25) is 0 Å². The Bertz CT molecular complexity index is 3940. The van der Waals surface area contributed by atoms with Gasteiger partial charge >= 0.3 is 23.9 Å².